The van der Waals surface area contributed by atoms with E-state index in [-0.39, 0.29) is 35.8 Å². The molecule has 4 N–H and O–H groups in total. The zero-order valence-corrected chi connectivity index (χ0v) is 18.6. The van der Waals surface area contributed by atoms with Gasteiger partial charge >= 0.3 is 0 Å². The van der Waals surface area contributed by atoms with Crippen LogP contribution in [0.15, 0.2) is 36.4 Å². The molecule has 1 aliphatic heterocycles. The van der Waals surface area contributed by atoms with Gasteiger partial charge in [-0.15, -0.1) is 0 Å². The summed E-state index contributed by atoms with van der Waals surface area (Å²) >= 11 is 0. The maximum absolute atomic E-state index is 13.0. The molecule has 1 saturated heterocycles. The summed E-state index contributed by atoms with van der Waals surface area (Å²) in [5.41, 5.74) is 1.18. The standard InChI is InChI=1S/C22H27N5O6/c1-23-22(29)18-9-14(12-24-18)26-17-6-5-15(27(30)31)10-16(17)21(28)25-11-13-4-7-19(32-2)20(8-13)33-3/h4-8,10,14,18,24,26H,9,11-12H2,1-3H3,(H,23,29)(H,25,28)/t14-,18-/m0/s1. The first kappa shape index (κ1) is 23.8. The molecule has 0 saturated carbocycles. The summed E-state index contributed by atoms with van der Waals surface area (Å²) in [4.78, 5) is 35.5. The van der Waals surface area contributed by atoms with Gasteiger partial charge in [-0.3, -0.25) is 19.7 Å². The first-order valence-electron chi connectivity index (χ1n) is 10.3. The van der Waals surface area contributed by atoms with Crippen LogP contribution >= 0.6 is 0 Å². The SMILES string of the molecule is CNC(=O)[C@@H]1C[C@H](Nc2ccc([N+](=O)[O-])cc2C(=O)NCc2ccc(OC)c(OC)c2)CN1. The second-order valence-electron chi connectivity index (χ2n) is 7.51. The summed E-state index contributed by atoms with van der Waals surface area (Å²) in [6, 6.07) is 8.90. The molecule has 2 atom stereocenters. The number of nitrogens with zero attached hydrogens (tertiary/aromatic N) is 1. The molecule has 33 heavy (non-hydrogen) atoms. The first-order chi connectivity index (χ1) is 15.9. The summed E-state index contributed by atoms with van der Waals surface area (Å²) in [6.07, 6.45) is 0.517. The fraction of sp³-hybridized carbons (Fsp3) is 0.364. The number of methoxy groups -OCH3 is 2. The van der Waals surface area contributed by atoms with E-state index in [1.165, 1.54) is 32.4 Å². The zero-order valence-electron chi connectivity index (χ0n) is 18.6. The lowest BCUT2D eigenvalue weighted by molar-refractivity contribution is -0.384. The number of likely N-dealkylation sites (N-methyl/N-ethyl adjacent to an activating group) is 1. The van der Waals surface area contributed by atoms with Crippen LogP contribution in [0.5, 0.6) is 11.5 Å². The molecule has 0 aromatic heterocycles. The summed E-state index contributed by atoms with van der Waals surface area (Å²) in [5.74, 6) is 0.514. The molecule has 0 radical (unpaired) electrons. The van der Waals surface area contributed by atoms with Crippen LogP contribution in [-0.4, -0.2) is 56.6 Å². The normalized spacial score (nSPS) is 17.2. The van der Waals surface area contributed by atoms with E-state index in [1.54, 1.807) is 25.2 Å². The van der Waals surface area contributed by atoms with E-state index in [1.807, 2.05) is 0 Å². The third-order valence-corrected chi connectivity index (χ3v) is 5.41. The Morgan fingerprint density at radius 1 is 1.15 bits per heavy atom. The number of nitro benzene ring substituents is 1. The molecule has 0 bridgehead atoms. The van der Waals surface area contributed by atoms with Gasteiger partial charge in [-0.1, -0.05) is 6.07 Å². The number of carbonyl (C=O) groups excluding carboxylic acids is 2. The van der Waals surface area contributed by atoms with Crippen molar-refractivity contribution in [2.45, 2.75) is 25.0 Å². The fourth-order valence-electron chi connectivity index (χ4n) is 3.67. The van der Waals surface area contributed by atoms with Crippen molar-refractivity contribution in [1.82, 2.24) is 16.0 Å². The highest BCUT2D eigenvalue weighted by Crippen LogP contribution is 2.28. The number of rotatable bonds is 9. The molecule has 176 valence electrons. The minimum atomic E-state index is -0.548. The van der Waals surface area contributed by atoms with Crippen LogP contribution < -0.4 is 30.7 Å². The third kappa shape index (κ3) is 5.69. The molecule has 1 heterocycles. The number of anilines is 1. The number of nitrogens with one attached hydrogen (secondary N) is 4. The summed E-state index contributed by atoms with van der Waals surface area (Å²) in [6.45, 7) is 0.701. The summed E-state index contributed by atoms with van der Waals surface area (Å²) in [5, 5.41) is 23.0. The molecule has 0 aliphatic carbocycles. The van der Waals surface area contributed by atoms with Crippen molar-refractivity contribution in [2.75, 3.05) is 33.1 Å². The van der Waals surface area contributed by atoms with Crippen LogP contribution in [0.1, 0.15) is 22.3 Å². The molecule has 2 aromatic carbocycles. The highest BCUT2D eigenvalue weighted by atomic mass is 16.6. The van der Waals surface area contributed by atoms with Gasteiger partial charge in [0.25, 0.3) is 11.6 Å². The van der Waals surface area contributed by atoms with E-state index in [9.17, 15) is 19.7 Å². The van der Waals surface area contributed by atoms with Crippen molar-refractivity contribution in [3.63, 3.8) is 0 Å². The number of amides is 2. The second kappa shape index (κ2) is 10.6. The van der Waals surface area contributed by atoms with Gasteiger partial charge in [0.2, 0.25) is 5.91 Å². The average Bonchev–Trinajstić information content (AvgIpc) is 3.30. The first-order valence-corrected chi connectivity index (χ1v) is 10.3. The molecule has 11 heteroatoms. The van der Waals surface area contributed by atoms with Crippen molar-refractivity contribution in [1.29, 1.82) is 0 Å². The molecule has 11 nitrogen and oxygen atoms in total. The van der Waals surface area contributed by atoms with Crippen LogP contribution in [0.2, 0.25) is 0 Å². The van der Waals surface area contributed by atoms with Crippen LogP contribution in [0, 0.1) is 10.1 Å². The van der Waals surface area contributed by atoms with Gasteiger partial charge in [-0.25, -0.2) is 0 Å². The molecule has 3 rings (SSSR count). The lowest BCUT2D eigenvalue weighted by Crippen LogP contribution is -2.38. The monoisotopic (exact) mass is 457 g/mol. The van der Waals surface area contributed by atoms with E-state index in [2.05, 4.69) is 21.3 Å². The molecule has 2 amide bonds. The van der Waals surface area contributed by atoms with E-state index < -0.39 is 10.8 Å². The minimum Gasteiger partial charge on any atom is -0.493 e. The second-order valence-corrected chi connectivity index (χ2v) is 7.51. The third-order valence-electron chi connectivity index (χ3n) is 5.41. The van der Waals surface area contributed by atoms with Gasteiger partial charge in [-0.05, 0) is 30.2 Å². The van der Waals surface area contributed by atoms with Gasteiger partial charge < -0.3 is 30.7 Å². The van der Waals surface area contributed by atoms with Crippen LogP contribution in [0.3, 0.4) is 0 Å². The number of hydrogen-bond acceptors (Lipinski definition) is 8. The van der Waals surface area contributed by atoms with Crippen molar-refractivity contribution in [3.8, 4) is 11.5 Å². The van der Waals surface area contributed by atoms with Crippen molar-refractivity contribution >= 4 is 23.2 Å². The van der Waals surface area contributed by atoms with Gasteiger partial charge in [0, 0.05) is 44.0 Å². The maximum Gasteiger partial charge on any atom is 0.270 e. The van der Waals surface area contributed by atoms with Gasteiger partial charge in [-0.2, -0.15) is 0 Å². The molecule has 1 fully saturated rings. The van der Waals surface area contributed by atoms with E-state index >= 15 is 0 Å². The number of ether oxygens (including phenoxy) is 2. The quantitative estimate of drug-likeness (QED) is 0.327. The maximum atomic E-state index is 13.0. The number of nitro groups is 1. The highest BCUT2D eigenvalue weighted by Gasteiger charge is 2.29. The van der Waals surface area contributed by atoms with Crippen molar-refractivity contribution in [3.05, 3.63) is 57.6 Å². The summed E-state index contributed by atoms with van der Waals surface area (Å²) in [7, 11) is 4.63. The van der Waals surface area contributed by atoms with Crippen molar-refractivity contribution < 1.29 is 24.0 Å². The number of non-ortho nitro benzene ring substituents is 1. The molecular formula is C22H27N5O6. The Labute approximate surface area is 191 Å². The Kier molecular flexibility index (Phi) is 7.67. The molecule has 2 aromatic rings. The lowest BCUT2D eigenvalue weighted by atomic mass is 10.1. The Morgan fingerprint density at radius 2 is 1.91 bits per heavy atom. The fourth-order valence-corrected chi connectivity index (χ4v) is 3.67. The Bertz CT molecular complexity index is 1040. The van der Waals surface area contributed by atoms with Crippen LogP contribution in [0.4, 0.5) is 11.4 Å². The number of hydrogen-bond donors (Lipinski definition) is 4. The van der Waals surface area contributed by atoms with Crippen LogP contribution in [0.25, 0.3) is 0 Å². The lowest BCUT2D eigenvalue weighted by Gasteiger charge is -2.17. The van der Waals surface area contributed by atoms with Crippen LogP contribution in [-0.2, 0) is 11.3 Å². The minimum absolute atomic E-state index is 0.115. The Morgan fingerprint density at radius 3 is 2.58 bits per heavy atom. The zero-order chi connectivity index (χ0) is 24.0. The van der Waals surface area contributed by atoms with E-state index in [0.29, 0.717) is 30.2 Å². The van der Waals surface area contributed by atoms with Gasteiger partial charge in [0.05, 0.1) is 30.7 Å². The molecule has 1 aliphatic rings. The Balaban J connectivity index is 1.76. The summed E-state index contributed by atoms with van der Waals surface area (Å²) < 4.78 is 10.5. The predicted octanol–water partition coefficient (Wildman–Crippen LogP) is 1.43. The highest BCUT2D eigenvalue weighted by molar-refractivity contribution is 6.00. The van der Waals surface area contributed by atoms with E-state index in [0.717, 1.165) is 5.56 Å². The average molecular weight is 457 g/mol. The molecular weight excluding hydrogens is 430 g/mol. The van der Waals surface area contributed by atoms with Gasteiger partial charge in [0.15, 0.2) is 11.5 Å². The predicted molar refractivity (Wildman–Crippen MR) is 122 cm³/mol. The number of benzene rings is 2. The smallest absolute Gasteiger partial charge is 0.270 e. The topological polar surface area (TPSA) is 144 Å². The molecule has 0 unspecified atom stereocenters. The molecule has 0 spiro atoms. The Hall–Kier alpha value is -3.86. The van der Waals surface area contributed by atoms with Crippen molar-refractivity contribution in [2.24, 2.45) is 0 Å². The van der Waals surface area contributed by atoms with Gasteiger partial charge in [0.1, 0.15) is 0 Å². The van der Waals surface area contributed by atoms with E-state index in [4.69, 9.17) is 9.47 Å². The largest absolute Gasteiger partial charge is 0.493 e. The number of carbonyl (C=O) groups is 2.